The molecule has 0 unspecified atom stereocenters. The van der Waals surface area contributed by atoms with Crippen LogP contribution in [0.1, 0.15) is 31.1 Å². The number of carboxylic acid groups (broad SMARTS) is 3. The molecule has 0 saturated carbocycles. The van der Waals surface area contributed by atoms with Crippen LogP contribution in [0.5, 0.6) is 0 Å². The maximum atomic E-state index is 10.2. The van der Waals surface area contributed by atoms with Crippen molar-refractivity contribution in [1.29, 1.82) is 0 Å². The van der Waals surface area contributed by atoms with Gasteiger partial charge in [-0.1, -0.05) is 36.4 Å². The second-order valence-corrected chi connectivity index (χ2v) is 6.28. The predicted octanol–water partition coefficient (Wildman–Crippen LogP) is -0.128. The zero-order valence-corrected chi connectivity index (χ0v) is 20.0. The second kappa shape index (κ2) is 15.2. The fourth-order valence-electron chi connectivity index (χ4n) is 2.24. The number of aromatic carboxylic acids is 3. The summed E-state index contributed by atoms with van der Waals surface area (Å²) in [5, 5.41) is 61.2. The zero-order chi connectivity index (χ0) is 27.4. The molecule has 0 aliphatic carbocycles. The van der Waals surface area contributed by atoms with Crippen molar-refractivity contribution < 1.29 is 70.3 Å². The van der Waals surface area contributed by atoms with Crippen molar-refractivity contribution in [1.82, 2.24) is 0 Å². The Hall–Kier alpha value is -4.86. The molecule has 15 nitrogen and oxygen atoms in total. The molecule has 0 fully saturated rings. The van der Waals surface area contributed by atoms with Crippen molar-refractivity contribution in [3.05, 3.63) is 120 Å². The monoisotopic (exact) mass is 543 g/mol. The summed E-state index contributed by atoms with van der Waals surface area (Å²) < 4.78 is 0. The van der Waals surface area contributed by atoms with E-state index in [9.17, 15) is 60.0 Å². The molecule has 16 heteroatoms. The summed E-state index contributed by atoms with van der Waals surface area (Å²) in [6.45, 7) is 0. The van der Waals surface area contributed by atoms with Crippen LogP contribution in [0.25, 0.3) is 0 Å². The molecule has 0 bridgehead atoms. The fraction of sp³-hybridized carbons (Fsp3) is 0. The average molecular weight is 543 g/mol. The number of non-ortho nitro benzene ring substituents is 3. The number of rotatable bonds is 6. The first kappa shape index (κ1) is 32.1. The summed E-state index contributed by atoms with van der Waals surface area (Å²) in [6, 6.07) is 14.1. The van der Waals surface area contributed by atoms with Crippen LogP contribution in [0.4, 0.5) is 17.1 Å². The van der Waals surface area contributed by atoms with Gasteiger partial charge in [-0.2, -0.15) is 0 Å². The van der Waals surface area contributed by atoms with Crippen molar-refractivity contribution in [2.45, 2.75) is 0 Å². The number of carbonyl (C=O) groups excluding carboxylic acids is 3. The van der Waals surface area contributed by atoms with Gasteiger partial charge < -0.3 is 29.7 Å². The normalized spacial score (nSPS) is 9.08. The van der Waals surface area contributed by atoms with Crippen molar-refractivity contribution in [2.24, 2.45) is 0 Å². The Balaban J connectivity index is 0.000000518. The summed E-state index contributed by atoms with van der Waals surface area (Å²) in [5.41, 5.74) is -1.33. The van der Waals surface area contributed by atoms with Crippen molar-refractivity contribution in [3.8, 4) is 0 Å². The van der Waals surface area contributed by atoms with E-state index in [1.807, 2.05) is 0 Å². The smallest absolute Gasteiger partial charge is 0.545 e. The molecule has 0 amide bonds. The Morgan fingerprint density at radius 1 is 0.486 bits per heavy atom. The standard InChI is InChI=1S/3C7H5NO4.Sc/c3*9-7(10)5-2-1-3-6(4-5)8(11)12;/h3*1-4H,(H,9,10);/q;;;+3/p-3. The van der Waals surface area contributed by atoms with Crippen LogP contribution in [-0.2, 0) is 25.8 Å². The van der Waals surface area contributed by atoms with Crippen molar-refractivity contribution >= 4 is 35.0 Å². The Labute approximate surface area is 224 Å². The maximum Gasteiger partial charge on any atom is 3.00 e. The van der Waals surface area contributed by atoms with E-state index < -0.39 is 32.7 Å². The van der Waals surface area contributed by atoms with Crippen LogP contribution in [0, 0.1) is 30.3 Å². The molecule has 0 aliphatic heterocycles. The number of nitro benzene ring substituents is 3. The van der Waals surface area contributed by atoms with E-state index in [2.05, 4.69) is 0 Å². The van der Waals surface area contributed by atoms with E-state index in [0.29, 0.717) is 0 Å². The van der Waals surface area contributed by atoms with Gasteiger partial charge in [0, 0.05) is 53.1 Å². The van der Waals surface area contributed by atoms with Crippen LogP contribution in [0.2, 0.25) is 0 Å². The van der Waals surface area contributed by atoms with Crippen LogP contribution in [0.15, 0.2) is 72.8 Å². The summed E-state index contributed by atoms with van der Waals surface area (Å²) in [7, 11) is 0. The van der Waals surface area contributed by atoms with Gasteiger partial charge in [0.05, 0.1) is 32.7 Å². The Kier molecular flexibility index (Phi) is 13.2. The molecule has 3 rings (SSSR count). The number of benzene rings is 3. The molecule has 0 heterocycles. The van der Waals surface area contributed by atoms with Crippen LogP contribution < -0.4 is 15.3 Å². The molecule has 186 valence electrons. The summed E-state index contributed by atoms with van der Waals surface area (Å²) in [6.07, 6.45) is 0. The first-order valence-corrected chi connectivity index (χ1v) is 9.21. The third-order valence-electron chi connectivity index (χ3n) is 3.88. The van der Waals surface area contributed by atoms with E-state index in [-0.39, 0.29) is 59.6 Å². The predicted molar refractivity (Wildman–Crippen MR) is 112 cm³/mol. The minimum atomic E-state index is -1.42. The minimum Gasteiger partial charge on any atom is -0.545 e. The van der Waals surface area contributed by atoms with E-state index in [4.69, 9.17) is 0 Å². The van der Waals surface area contributed by atoms with E-state index in [1.54, 1.807) is 0 Å². The SMILES string of the molecule is O=C([O-])c1cccc([N+](=O)[O-])c1.O=C([O-])c1cccc([N+](=O)[O-])c1.O=C([O-])c1cccc([N+](=O)[O-])c1.[Sc+3]. The van der Waals surface area contributed by atoms with Crippen molar-refractivity contribution in [2.75, 3.05) is 0 Å². The van der Waals surface area contributed by atoms with E-state index >= 15 is 0 Å². The molecular formula is C21H12N3O12Sc. The van der Waals surface area contributed by atoms with Gasteiger partial charge in [0.15, 0.2) is 0 Å². The quantitative estimate of drug-likeness (QED) is 0.291. The van der Waals surface area contributed by atoms with Crippen LogP contribution in [-0.4, -0.2) is 32.7 Å². The molecule has 0 spiro atoms. The minimum absolute atomic E-state index is 0. The number of nitrogens with zero attached hydrogens (tertiary/aromatic N) is 3. The summed E-state index contributed by atoms with van der Waals surface area (Å²) in [5.74, 6) is -4.25. The third kappa shape index (κ3) is 11.0. The van der Waals surface area contributed by atoms with E-state index in [0.717, 1.165) is 18.2 Å². The molecule has 3 aromatic carbocycles. The number of carboxylic acids is 3. The van der Waals surface area contributed by atoms with Gasteiger partial charge in [0.2, 0.25) is 0 Å². The van der Waals surface area contributed by atoms with E-state index in [1.165, 1.54) is 54.6 Å². The topological polar surface area (TPSA) is 250 Å². The van der Waals surface area contributed by atoms with Crippen LogP contribution >= 0.6 is 0 Å². The van der Waals surface area contributed by atoms with Gasteiger partial charge in [-0.3, -0.25) is 30.3 Å². The zero-order valence-electron chi connectivity index (χ0n) is 18.2. The molecule has 0 saturated heterocycles. The molecule has 0 aliphatic rings. The summed E-state index contributed by atoms with van der Waals surface area (Å²) in [4.78, 5) is 59.2. The molecule has 0 radical (unpaired) electrons. The average Bonchev–Trinajstić information content (AvgIpc) is 2.85. The molecule has 0 aromatic heterocycles. The molecule has 3 aromatic rings. The molecule has 37 heavy (non-hydrogen) atoms. The number of hydrogen-bond donors (Lipinski definition) is 0. The molecular weight excluding hydrogens is 531 g/mol. The van der Waals surface area contributed by atoms with Gasteiger partial charge in [0.1, 0.15) is 0 Å². The van der Waals surface area contributed by atoms with Gasteiger partial charge in [-0.05, 0) is 0 Å². The summed E-state index contributed by atoms with van der Waals surface area (Å²) >= 11 is 0. The molecule has 0 atom stereocenters. The van der Waals surface area contributed by atoms with Crippen LogP contribution in [0.3, 0.4) is 0 Å². The van der Waals surface area contributed by atoms with Crippen molar-refractivity contribution in [3.63, 3.8) is 0 Å². The first-order chi connectivity index (χ1) is 16.8. The largest absolute Gasteiger partial charge is 3.00 e. The Morgan fingerprint density at radius 2 is 0.703 bits per heavy atom. The number of nitro groups is 3. The first-order valence-electron chi connectivity index (χ1n) is 9.21. The number of hydrogen-bond acceptors (Lipinski definition) is 12. The third-order valence-corrected chi connectivity index (χ3v) is 3.88. The Morgan fingerprint density at radius 3 is 0.865 bits per heavy atom. The number of carbonyl (C=O) groups is 3. The maximum absolute atomic E-state index is 10.2. The fourth-order valence-corrected chi connectivity index (χ4v) is 2.24. The second-order valence-electron chi connectivity index (χ2n) is 6.28. The van der Waals surface area contributed by atoms with Gasteiger partial charge >= 0.3 is 25.8 Å². The van der Waals surface area contributed by atoms with Gasteiger partial charge in [-0.25, -0.2) is 0 Å². The van der Waals surface area contributed by atoms with Gasteiger partial charge in [0.25, 0.3) is 17.1 Å². The van der Waals surface area contributed by atoms with Gasteiger partial charge in [-0.15, -0.1) is 0 Å². The Bertz CT molecular complexity index is 1080. The molecule has 0 N–H and O–H groups in total.